The third-order valence-corrected chi connectivity index (χ3v) is 4.26. The average molecular weight is 315 g/mol. The Morgan fingerprint density at radius 1 is 1.36 bits per heavy atom. The van der Waals surface area contributed by atoms with E-state index in [9.17, 15) is 23.1 Å². The first kappa shape index (κ1) is 16.6. The number of benzene rings is 1. The van der Waals surface area contributed by atoms with E-state index in [4.69, 9.17) is 0 Å². The van der Waals surface area contributed by atoms with Crippen molar-refractivity contribution in [2.45, 2.75) is 38.8 Å². The van der Waals surface area contributed by atoms with Gasteiger partial charge in [0, 0.05) is 12.1 Å². The van der Waals surface area contributed by atoms with E-state index in [1.165, 1.54) is 12.1 Å². The van der Waals surface area contributed by atoms with Gasteiger partial charge >= 0.3 is 6.18 Å². The summed E-state index contributed by atoms with van der Waals surface area (Å²) in [5.41, 5.74) is 0.987. The van der Waals surface area contributed by atoms with E-state index in [0.29, 0.717) is 24.0 Å². The van der Waals surface area contributed by atoms with Gasteiger partial charge in [-0.3, -0.25) is 4.79 Å². The molecule has 1 aliphatic carbocycles. The van der Waals surface area contributed by atoms with Gasteiger partial charge in [-0.1, -0.05) is 6.42 Å². The van der Waals surface area contributed by atoms with Crippen LogP contribution in [-0.2, 0) is 0 Å². The Morgan fingerprint density at radius 2 is 2.09 bits per heavy atom. The minimum absolute atomic E-state index is 0.0817. The molecule has 3 nitrogen and oxygen atoms in total. The summed E-state index contributed by atoms with van der Waals surface area (Å²) in [5.74, 6) is -1.60. The Hall–Kier alpha value is -1.72. The monoisotopic (exact) mass is 315 g/mol. The molecule has 1 amide bonds. The zero-order valence-corrected chi connectivity index (χ0v) is 12.4. The summed E-state index contributed by atoms with van der Waals surface area (Å²) in [6, 6.07) is 4.49. The second-order valence-electron chi connectivity index (χ2n) is 5.98. The highest BCUT2D eigenvalue weighted by Gasteiger charge is 2.42. The number of alkyl halides is 3. The molecule has 1 aromatic carbocycles. The summed E-state index contributed by atoms with van der Waals surface area (Å²) in [5, 5.41) is 12.1. The molecule has 1 aliphatic rings. The lowest BCUT2D eigenvalue weighted by Gasteiger charge is -2.30. The maximum Gasteiger partial charge on any atom is 0.391 e. The van der Waals surface area contributed by atoms with E-state index in [2.05, 4.69) is 5.32 Å². The number of aromatic hydroxyl groups is 1. The lowest BCUT2D eigenvalue weighted by molar-refractivity contribution is -0.185. The van der Waals surface area contributed by atoms with Crippen LogP contribution < -0.4 is 5.32 Å². The molecule has 2 atom stereocenters. The third kappa shape index (κ3) is 4.15. The number of hydrogen-bond acceptors (Lipinski definition) is 2. The van der Waals surface area contributed by atoms with E-state index in [1.54, 1.807) is 13.0 Å². The van der Waals surface area contributed by atoms with Gasteiger partial charge in [0.25, 0.3) is 5.91 Å². The van der Waals surface area contributed by atoms with Crippen molar-refractivity contribution in [2.24, 2.45) is 11.8 Å². The Labute approximate surface area is 127 Å². The number of hydrogen-bond donors (Lipinski definition) is 2. The van der Waals surface area contributed by atoms with Gasteiger partial charge in [-0.2, -0.15) is 13.2 Å². The minimum atomic E-state index is -4.14. The first-order valence-electron chi connectivity index (χ1n) is 7.42. The highest BCUT2D eigenvalue weighted by Crippen LogP contribution is 2.39. The Balaban J connectivity index is 1.89. The number of phenolic OH excluding ortho intramolecular Hbond substituents is 1. The van der Waals surface area contributed by atoms with Crippen molar-refractivity contribution in [3.8, 4) is 5.75 Å². The van der Waals surface area contributed by atoms with Crippen LogP contribution in [0.5, 0.6) is 5.75 Å². The van der Waals surface area contributed by atoms with Gasteiger partial charge in [0.1, 0.15) is 5.75 Å². The fraction of sp³-hybridized carbons (Fsp3) is 0.562. The maximum absolute atomic E-state index is 12.7. The van der Waals surface area contributed by atoms with Gasteiger partial charge in [-0.05, 0) is 55.9 Å². The standard InChI is InChI=1S/C16H20F3NO2/c1-10-7-12(5-6-14(10)21)15(22)20-9-11-3-2-4-13(8-11)16(17,18)19/h5-7,11,13,21H,2-4,8-9H2,1H3,(H,20,22). The molecule has 0 aromatic heterocycles. The van der Waals surface area contributed by atoms with Gasteiger partial charge in [0.05, 0.1) is 5.92 Å². The van der Waals surface area contributed by atoms with Crippen molar-refractivity contribution < 1.29 is 23.1 Å². The van der Waals surface area contributed by atoms with Gasteiger partial charge in [0.15, 0.2) is 0 Å². The van der Waals surface area contributed by atoms with E-state index in [1.807, 2.05) is 0 Å². The fourth-order valence-electron chi connectivity index (χ4n) is 2.91. The predicted molar refractivity (Wildman–Crippen MR) is 76.7 cm³/mol. The molecule has 1 fully saturated rings. The van der Waals surface area contributed by atoms with Crippen molar-refractivity contribution in [1.29, 1.82) is 0 Å². The lowest BCUT2D eigenvalue weighted by Crippen LogP contribution is -2.35. The molecule has 6 heteroatoms. The first-order chi connectivity index (χ1) is 10.3. The lowest BCUT2D eigenvalue weighted by atomic mass is 9.81. The largest absolute Gasteiger partial charge is 0.508 e. The molecule has 0 spiro atoms. The zero-order valence-electron chi connectivity index (χ0n) is 12.4. The molecule has 0 heterocycles. The summed E-state index contributed by atoms with van der Waals surface area (Å²) in [6.45, 7) is 1.94. The van der Waals surface area contributed by atoms with Crippen LogP contribution in [0, 0.1) is 18.8 Å². The Morgan fingerprint density at radius 3 is 2.73 bits per heavy atom. The highest BCUT2D eigenvalue weighted by atomic mass is 19.4. The smallest absolute Gasteiger partial charge is 0.391 e. The van der Waals surface area contributed by atoms with Gasteiger partial charge in [-0.25, -0.2) is 0 Å². The highest BCUT2D eigenvalue weighted by molar-refractivity contribution is 5.94. The summed E-state index contributed by atoms with van der Waals surface area (Å²) in [4.78, 5) is 12.0. The maximum atomic E-state index is 12.7. The van der Waals surface area contributed by atoms with Crippen molar-refractivity contribution >= 4 is 5.91 Å². The summed E-state index contributed by atoms with van der Waals surface area (Å²) in [6.07, 6.45) is -2.62. The molecule has 22 heavy (non-hydrogen) atoms. The summed E-state index contributed by atoms with van der Waals surface area (Å²) >= 11 is 0. The SMILES string of the molecule is Cc1cc(C(=O)NCC2CCCC(C(F)(F)F)C2)ccc1O. The quantitative estimate of drug-likeness (QED) is 0.891. The minimum Gasteiger partial charge on any atom is -0.508 e. The van der Waals surface area contributed by atoms with Crippen LogP contribution in [0.3, 0.4) is 0 Å². The average Bonchev–Trinajstić information content (AvgIpc) is 2.47. The third-order valence-electron chi connectivity index (χ3n) is 4.26. The van der Waals surface area contributed by atoms with Crippen LogP contribution in [-0.4, -0.2) is 23.7 Å². The zero-order chi connectivity index (χ0) is 16.3. The van der Waals surface area contributed by atoms with Crippen molar-refractivity contribution in [3.05, 3.63) is 29.3 Å². The number of carbonyl (C=O) groups is 1. The molecule has 0 radical (unpaired) electrons. The Bertz CT molecular complexity index is 543. The first-order valence-corrected chi connectivity index (χ1v) is 7.42. The fourth-order valence-corrected chi connectivity index (χ4v) is 2.91. The number of carbonyl (C=O) groups excluding carboxylic acids is 1. The predicted octanol–water partition coefficient (Wildman–Crippen LogP) is 3.80. The van der Waals surface area contributed by atoms with Crippen molar-refractivity contribution in [2.75, 3.05) is 6.54 Å². The van der Waals surface area contributed by atoms with Crippen LogP contribution in [0.15, 0.2) is 18.2 Å². The molecular weight excluding hydrogens is 295 g/mol. The topological polar surface area (TPSA) is 49.3 Å². The van der Waals surface area contributed by atoms with Crippen molar-refractivity contribution in [1.82, 2.24) is 5.32 Å². The molecule has 2 unspecified atom stereocenters. The van der Waals surface area contributed by atoms with Gasteiger partial charge in [0.2, 0.25) is 0 Å². The van der Waals surface area contributed by atoms with E-state index in [-0.39, 0.29) is 37.0 Å². The normalized spacial score (nSPS) is 22.4. The molecule has 2 rings (SSSR count). The van der Waals surface area contributed by atoms with Gasteiger partial charge < -0.3 is 10.4 Å². The second-order valence-corrected chi connectivity index (χ2v) is 5.98. The molecule has 1 aromatic rings. The second kappa shape index (κ2) is 6.58. The summed E-state index contributed by atoms with van der Waals surface area (Å²) in [7, 11) is 0. The van der Waals surface area contributed by atoms with Crippen LogP contribution in [0.4, 0.5) is 13.2 Å². The van der Waals surface area contributed by atoms with E-state index < -0.39 is 12.1 Å². The van der Waals surface area contributed by atoms with Crippen LogP contribution in [0.2, 0.25) is 0 Å². The number of amides is 1. The number of halogens is 3. The number of nitrogens with one attached hydrogen (secondary N) is 1. The van der Waals surface area contributed by atoms with E-state index >= 15 is 0 Å². The van der Waals surface area contributed by atoms with E-state index in [0.717, 1.165) is 0 Å². The van der Waals surface area contributed by atoms with Crippen molar-refractivity contribution in [3.63, 3.8) is 0 Å². The molecule has 2 N–H and O–H groups in total. The van der Waals surface area contributed by atoms with Crippen LogP contribution >= 0.6 is 0 Å². The number of aryl methyl sites for hydroxylation is 1. The van der Waals surface area contributed by atoms with Crippen LogP contribution in [0.25, 0.3) is 0 Å². The molecule has 1 saturated carbocycles. The summed E-state index contributed by atoms with van der Waals surface area (Å²) < 4.78 is 38.2. The Kier molecular flexibility index (Phi) is 4.98. The van der Waals surface area contributed by atoms with Crippen LogP contribution in [0.1, 0.15) is 41.6 Å². The number of phenols is 1. The molecule has 0 bridgehead atoms. The molecular formula is C16H20F3NO2. The molecule has 0 aliphatic heterocycles. The number of rotatable bonds is 3. The molecule has 122 valence electrons. The molecule has 0 saturated heterocycles. The van der Waals surface area contributed by atoms with Gasteiger partial charge in [-0.15, -0.1) is 0 Å².